The second-order valence-electron chi connectivity index (χ2n) is 24.5. The Morgan fingerprint density at radius 2 is 0.614 bits per heavy atom. The molecule has 0 saturated heterocycles. The Morgan fingerprint density at radius 1 is 0.352 bits per heavy atom. The van der Waals surface area contributed by atoms with E-state index in [1.54, 1.807) is 0 Å². The summed E-state index contributed by atoms with van der Waals surface area (Å²) in [6.07, 6.45) is 99.5. The number of rotatable bonds is 64. The van der Waals surface area contributed by atoms with Crippen LogP contribution >= 0.6 is 7.82 Å². The highest BCUT2D eigenvalue weighted by Gasteiger charge is 2.27. The zero-order valence-electron chi connectivity index (χ0n) is 57.2. The lowest BCUT2D eigenvalue weighted by Gasteiger charge is -2.24. The number of unbranched alkanes of at least 4 members (excludes halogenated alkanes) is 26. The molecule has 0 aromatic heterocycles. The van der Waals surface area contributed by atoms with E-state index in [9.17, 15) is 19.0 Å². The van der Waals surface area contributed by atoms with Crippen LogP contribution in [0.2, 0.25) is 0 Å². The van der Waals surface area contributed by atoms with E-state index in [0.717, 1.165) is 122 Å². The number of carbonyl (C=O) groups is 2. The van der Waals surface area contributed by atoms with Crippen molar-refractivity contribution in [3.8, 4) is 0 Å². The highest BCUT2D eigenvalue weighted by atomic mass is 31.2. The molecule has 2 unspecified atom stereocenters. The van der Waals surface area contributed by atoms with E-state index in [1.165, 1.54) is 128 Å². The van der Waals surface area contributed by atoms with Crippen molar-refractivity contribution in [3.05, 3.63) is 146 Å². The minimum absolute atomic E-state index is 0.0233. The van der Waals surface area contributed by atoms with Crippen molar-refractivity contribution in [3.63, 3.8) is 0 Å². The molecule has 0 spiro atoms. The molecule has 9 nitrogen and oxygen atoms in total. The van der Waals surface area contributed by atoms with Gasteiger partial charge < -0.3 is 18.9 Å². The van der Waals surface area contributed by atoms with E-state index in [-0.39, 0.29) is 32.0 Å². The Bertz CT molecular complexity index is 2000. The number of phosphoric acid groups is 1. The molecule has 0 aromatic rings. The number of phosphoric ester groups is 1. The van der Waals surface area contributed by atoms with Crippen molar-refractivity contribution in [2.24, 2.45) is 0 Å². The number of allylic oxidation sites excluding steroid dienone is 24. The minimum atomic E-state index is -4.40. The maximum atomic E-state index is 12.9. The molecule has 0 fully saturated rings. The third-order valence-corrected chi connectivity index (χ3v) is 15.8. The molecule has 10 heteroatoms. The van der Waals surface area contributed by atoms with Crippen LogP contribution in [0.5, 0.6) is 0 Å². The Morgan fingerprint density at radius 3 is 0.909 bits per heavy atom. The number of nitrogens with zero attached hydrogens (tertiary/aromatic N) is 1. The fourth-order valence-electron chi connectivity index (χ4n) is 9.50. The van der Waals surface area contributed by atoms with Gasteiger partial charge in [0.05, 0.1) is 27.7 Å². The van der Waals surface area contributed by atoms with Gasteiger partial charge >= 0.3 is 19.8 Å². The molecule has 502 valence electrons. The number of esters is 2. The molecule has 0 aliphatic rings. The number of quaternary nitrogens is 1. The van der Waals surface area contributed by atoms with Gasteiger partial charge in [-0.2, -0.15) is 0 Å². The number of ether oxygens (including phenoxy) is 2. The van der Waals surface area contributed by atoms with Crippen molar-refractivity contribution >= 4 is 19.8 Å². The molecule has 0 aliphatic carbocycles. The van der Waals surface area contributed by atoms with Gasteiger partial charge in [0.1, 0.15) is 19.8 Å². The molecule has 0 rings (SSSR count). The third-order valence-electron chi connectivity index (χ3n) is 14.9. The van der Waals surface area contributed by atoms with E-state index >= 15 is 0 Å². The van der Waals surface area contributed by atoms with E-state index in [4.69, 9.17) is 18.5 Å². The quantitative estimate of drug-likeness (QED) is 0.0211. The second kappa shape index (κ2) is 67.3. The normalized spacial score (nSPS) is 14.0. The fraction of sp³-hybridized carbons (Fsp3) is 0.667. The van der Waals surface area contributed by atoms with Crippen LogP contribution in [0.25, 0.3) is 0 Å². The van der Waals surface area contributed by atoms with Crippen molar-refractivity contribution in [2.75, 3.05) is 47.5 Å². The first-order valence-corrected chi connectivity index (χ1v) is 37.1. The van der Waals surface area contributed by atoms with Gasteiger partial charge in [-0.05, 0) is 116 Å². The van der Waals surface area contributed by atoms with Crippen LogP contribution in [0, 0.1) is 0 Å². The Balaban J connectivity index is 4.07. The van der Waals surface area contributed by atoms with Gasteiger partial charge in [0.25, 0.3) is 0 Å². The van der Waals surface area contributed by atoms with Gasteiger partial charge in [-0.15, -0.1) is 0 Å². The Labute approximate surface area is 542 Å². The zero-order chi connectivity index (χ0) is 64.1. The Hall–Kier alpha value is -4.11. The lowest BCUT2D eigenvalue weighted by Crippen LogP contribution is -2.37. The summed E-state index contributed by atoms with van der Waals surface area (Å²) in [5, 5.41) is 0. The lowest BCUT2D eigenvalue weighted by atomic mass is 10.0. The van der Waals surface area contributed by atoms with Crippen LogP contribution in [0.3, 0.4) is 0 Å². The number of hydrogen-bond acceptors (Lipinski definition) is 7. The number of likely N-dealkylation sites (N-methyl/N-ethyl adjacent to an activating group) is 1. The van der Waals surface area contributed by atoms with Crippen molar-refractivity contribution in [1.29, 1.82) is 0 Å². The second-order valence-corrected chi connectivity index (χ2v) is 26.0. The van der Waals surface area contributed by atoms with Crippen LogP contribution in [-0.2, 0) is 32.7 Å². The van der Waals surface area contributed by atoms with Crippen molar-refractivity contribution in [2.45, 2.75) is 290 Å². The molecule has 1 N–H and O–H groups in total. The summed E-state index contributed by atoms with van der Waals surface area (Å²) in [5.74, 6) is -0.810. The fourth-order valence-corrected chi connectivity index (χ4v) is 10.2. The minimum Gasteiger partial charge on any atom is -0.462 e. The molecule has 0 aliphatic heterocycles. The van der Waals surface area contributed by atoms with Gasteiger partial charge in [-0.25, -0.2) is 4.57 Å². The third kappa shape index (κ3) is 71.0. The van der Waals surface area contributed by atoms with Crippen LogP contribution in [0.1, 0.15) is 284 Å². The van der Waals surface area contributed by atoms with Crippen LogP contribution < -0.4 is 0 Å². The first kappa shape index (κ1) is 83.9. The first-order chi connectivity index (χ1) is 43.0. The molecular formula is C78H133NO8P+. The maximum Gasteiger partial charge on any atom is 0.472 e. The summed E-state index contributed by atoms with van der Waals surface area (Å²) in [5.41, 5.74) is 0. The topological polar surface area (TPSA) is 108 Å². The van der Waals surface area contributed by atoms with E-state index < -0.39 is 26.5 Å². The highest BCUT2D eigenvalue weighted by molar-refractivity contribution is 7.47. The van der Waals surface area contributed by atoms with Gasteiger partial charge in [0, 0.05) is 12.8 Å². The summed E-state index contributed by atoms with van der Waals surface area (Å²) < 4.78 is 34.7. The SMILES string of the molecule is CC/C=C\C/C=C\C/C=C\C/C=C\C/C=C\C/C=C\C/C=C\CCCCCCCCCC(=O)OC(COC(=O)CCCCCCCCCCCCCCCCCCCCC/C=C\C/C=C\C/C=C\C/C=C\C/C=C\CC)COP(=O)(O)OCC[N+](C)(C)C. The monoisotopic (exact) mass is 1240 g/mol. The summed E-state index contributed by atoms with van der Waals surface area (Å²) in [7, 11) is 1.46. The van der Waals surface area contributed by atoms with E-state index in [1.807, 2.05) is 21.1 Å². The standard InChI is InChI=1S/C78H132NO8P/c1-6-8-10-12-14-16-18-20-22-24-26-28-30-32-34-36-37-38-39-40-41-43-44-46-48-50-52-54-56-58-60-62-64-66-68-70-77(80)84-74-76(75-86-88(82,83)85-73-72-79(3,4)5)87-78(81)71-69-67-65-63-61-59-57-55-53-51-49-47-45-42-35-33-31-29-27-25-23-21-19-17-15-13-11-9-7-2/h8-11,14-17,20-23,26-29,32-35,45,47,51,53,76H,6-7,12-13,18-19,24-25,30-31,36-44,46,48-50,52,54-75H2,1-5H3/p+1/b10-8-,11-9-,16-14-,17-15-,22-20-,23-21-,28-26-,29-27-,34-32-,35-33-,47-45-,53-51-. The van der Waals surface area contributed by atoms with E-state index in [2.05, 4.69) is 160 Å². The van der Waals surface area contributed by atoms with Crippen molar-refractivity contribution < 1.29 is 42.1 Å². The van der Waals surface area contributed by atoms with Crippen LogP contribution in [-0.4, -0.2) is 74.9 Å². The smallest absolute Gasteiger partial charge is 0.462 e. The molecule has 2 atom stereocenters. The molecule has 0 amide bonds. The van der Waals surface area contributed by atoms with Gasteiger partial charge in [0.15, 0.2) is 6.10 Å². The molecule has 0 radical (unpaired) electrons. The summed E-state index contributed by atoms with van der Waals surface area (Å²) in [6, 6.07) is 0. The first-order valence-electron chi connectivity index (χ1n) is 35.6. The predicted molar refractivity (Wildman–Crippen MR) is 380 cm³/mol. The van der Waals surface area contributed by atoms with Crippen LogP contribution in [0.4, 0.5) is 0 Å². The maximum absolute atomic E-state index is 12.9. The van der Waals surface area contributed by atoms with Gasteiger partial charge in [-0.3, -0.25) is 18.6 Å². The number of hydrogen-bond donors (Lipinski definition) is 1. The van der Waals surface area contributed by atoms with E-state index in [0.29, 0.717) is 17.4 Å². The van der Waals surface area contributed by atoms with Crippen LogP contribution in [0.15, 0.2) is 146 Å². The van der Waals surface area contributed by atoms with Gasteiger partial charge in [0.2, 0.25) is 0 Å². The summed E-state index contributed by atoms with van der Waals surface area (Å²) in [4.78, 5) is 35.9. The van der Waals surface area contributed by atoms with Gasteiger partial charge in [-0.1, -0.05) is 301 Å². The summed E-state index contributed by atoms with van der Waals surface area (Å²) in [6.45, 7) is 4.20. The molecule has 0 bridgehead atoms. The average molecular weight is 1240 g/mol. The molecule has 0 aromatic carbocycles. The lowest BCUT2D eigenvalue weighted by molar-refractivity contribution is -0.870. The molecule has 88 heavy (non-hydrogen) atoms. The molecule has 0 saturated carbocycles. The van der Waals surface area contributed by atoms with Crippen molar-refractivity contribution in [1.82, 2.24) is 0 Å². The predicted octanol–water partition coefficient (Wildman–Crippen LogP) is 23.4. The molecular weight excluding hydrogens is 1110 g/mol. The Kier molecular flexibility index (Phi) is 64.1. The average Bonchev–Trinajstić information content (AvgIpc) is 3.68. The number of carbonyl (C=O) groups excluding carboxylic acids is 2. The molecule has 0 heterocycles. The largest absolute Gasteiger partial charge is 0.472 e. The summed E-state index contributed by atoms with van der Waals surface area (Å²) >= 11 is 0. The highest BCUT2D eigenvalue weighted by Crippen LogP contribution is 2.43. The zero-order valence-corrected chi connectivity index (χ0v) is 58.1.